The Morgan fingerprint density at radius 2 is 2.19 bits per heavy atom. The number of nitrogens with one attached hydrogen (secondary N) is 2. The van der Waals surface area contributed by atoms with E-state index in [2.05, 4.69) is 15.0 Å². The number of halogens is 2. The Kier molecular flexibility index (Phi) is 2.64. The fourth-order valence-electron chi connectivity index (χ4n) is 1.30. The van der Waals surface area contributed by atoms with Crippen molar-refractivity contribution >= 4 is 34.7 Å². The van der Waals surface area contributed by atoms with E-state index in [1.165, 1.54) is 7.11 Å². The molecule has 2 heterocycles. The summed E-state index contributed by atoms with van der Waals surface area (Å²) in [5.74, 6) is -0.899. The van der Waals surface area contributed by atoms with E-state index < -0.39 is 11.4 Å². The van der Waals surface area contributed by atoms with Crippen LogP contribution in [0, 0.1) is 10.6 Å². The number of H-pyrrole nitrogens is 2. The molecule has 0 aliphatic rings. The van der Waals surface area contributed by atoms with Gasteiger partial charge >= 0.3 is 0 Å². The first kappa shape index (κ1) is 11.0. The standard InChI is InChI=1S/C8H5ClFN3O2S/c1-15-7-2-4(3(10)5(9)12-7)11-8(16)13-6(2)14/h1H3,(H2,11,13,14,16). The lowest BCUT2D eigenvalue weighted by atomic mass is 10.3. The van der Waals surface area contributed by atoms with Gasteiger partial charge in [-0.25, -0.2) is 4.39 Å². The number of pyridine rings is 1. The van der Waals surface area contributed by atoms with Gasteiger partial charge in [-0.1, -0.05) is 11.6 Å². The molecule has 84 valence electrons. The van der Waals surface area contributed by atoms with Crippen molar-refractivity contribution in [1.82, 2.24) is 15.0 Å². The quantitative estimate of drug-likeness (QED) is 0.606. The zero-order valence-electron chi connectivity index (χ0n) is 7.93. The van der Waals surface area contributed by atoms with Crippen LogP contribution in [0.1, 0.15) is 0 Å². The van der Waals surface area contributed by atoms with Crippen LogP contribution in [0.25, 0.3) is 10.9 Å². The van der Waals surface area contributed by atoms with Crippen molar-refractivity contribution in [2.45, 2.75) is 0 Å². The Hall–Kier alpha value is -1.47. The molecule has 5 nitrogen and oxygen atoms in total. The van der Waals surface area contributed by atoms with E-state index >= 15 is 0 Å². The zero-order chi connectivity index (χ0) is 11.9. The van der Waals surface area contributed by atoms with Crippen molar-refractivity contribution < 1.29 is 9.13 Å². The molecule has 0 saturated heterocycles. The van der Waals surface area contributed by atoms with Crippen LogP contribution < -0.4 is 10.3 Å². The summed E-state index contributed by atoms with van der Waals surface area (Å²) in [5.41, 5.74) is -0.704. The Labute approximate surface area is 98.2 Å². The van der Waals surface area contributed by atoms with Gasteiger partial charge in [0.2, 0.25) is 5.88 Å². The molecule has 0 fully saturated rings. The lowest BCUT2D eigenvalue weighted by Gasteiger charge is -2.05. The minimum atomic E-state index is -0.838. The Morgan fingerprint density at radius 1 is 1.50 bits per heavy atom. The summed E-state index contributed by atoms with van der Waals surface area (Å²) < 4.78 is 18.4. The van der Waals surface area contributed by atoms with Crippen molar-refractivity contribution in [2.24, 2.45) is 0 Å². The zero-order valence-corrected chi connectivity index (χ0v) is 9.50. The average Bonchev–Trinajstić information content (AvgIpc) is 2.23. The van der Waals surface area contributed by atoms with Gasteiger partial charge in [0, 0.05) is 0 Å². The first-order chi connectivity index (χ1) is 7.54. The molecule has 2 aromatic heterocycles. The Morgan fingerprint density at radius 3 is 2.81 bits per heavy atom. The van der Waals surface area contributed by atoms with Gasteiger partial charge in [0.05, 0.1) is 12.6 Å². The largest absolute Gasteiger partial charge is 0.480 e. The first-order valence-corrected chi connectivity index (χ1v) is 4.88. The number of aromatic amines is 2. The molecule has 0 atom stereocenters. The van der Waals surface area contributed by atoms with Gasteiger partial charge in [0.25, 0.3) is 5.56 Å². The number of nitrogens with zero attached hydrogens (tertiary/aromatic N) is 1. The smallest absolute Gasteiger partial charge is 0.265 e. The van der Waals surface area contributed by atoms with E-state index in [9.17, 15) is 9.18 Å². The van der Waals surface area contributed by atoms with Crippen LogP contribution in [0.4, 0.5) is 4.39 Å². The maximum absolute atomic E-state index is 13.6. The molecule has 0 aliphatic heterocycles. The normalized spacial score (nSPS) is 10.7. The average molecular weight is 262 g/mol. The highest BCUT2D eigenvalue weighted by Crippen LogP contribution is 2.25. The van der Waals surface area contributed by atoms with Gasteiger partial charge in [-0.15, -0.1) is 0 Å². The van der Waals surface area contributed by atoms with Crippen LogP contribution in [0.3, 0.4) is 0 Å². The lowest BCUT2D eigenvalue weighted by molar-refractivity contribution is 0.401. The molecule has 2 rings (SSSR count). The van der Waals surface area contributed by atoms with Gasteiger partial charge in [-0.2, -0.15) is 4.98 Å². The van der Waals surface area contributed by atoms with Crippen molar-refractivity contribution in [1.29, 1.82) is 0 Å². The third-order valence-electron chi connectivity index (χ3n) is 1.95. The maximum atomic E-state index is 13.6. The number of rotatable bonds is 1. The van der Waals surface area contributed by atoms with E-state index in [0.717, 1.165) is 0 Å². The van der Waals surface area contributed by atoms with E-state index in [-0.39, 0.29) is 26.7 Å². The molecule has 0 unspecified atom stereocenters. The summed E-state index contributed by atoms with van der Waals surface area (Å²) in [6.07, 6.45) is 0. The monoisotopic (exact) mass is 261 g/mol. The number of hydrogen-bond donors (Lipinski definition) is 2. The van der Waals surface area contributed by atoms with E-state index in [4.69, 9.17) is 28.6 Å². The van der Waals surface area contributed by atoms with E-state index in [0.29, 0.717) is 0 Å². The highest BCUT2D eigenvalue weighted by atomic mass is 35.5. The molecule has 0 aliphatic carbocycles. The second kappa shape index (κ2) is 3.84. The third-order valence-corrected chi connectivity index (χ3v) is 2.40. The van der Waals surface area contributed by atoms with Crippen LogP contribution in [-0.4, -0.2) is 22.1 Å². The summed E-state index contributed by atoms with van der Waals surface area (Å²) in [5, 5.41) is -0.446. The van der Waals surface area contributed by atoms with Gasteiger partial charge in [0.15, 0.2) is 15.7 Å². The van der Waals surface area contributed by atoms with Crippen molar-refractivity contribution in [3.63, 3.8) is 0 Å². The minimum Gasteiger partial charge on any atom is -0.480 e. The third kappa shape index (κ3) is 1.57. The van der Waals surface area contributed by atoms with Gasteiger partial charge < -0.3 is 9.72 Å². The molecule has 0 spiro atoms. The van der Waals surface area contributed by atoms with Crippen LogP contribution in [-0.2, 0) is 0 Å². The fourth-order valence-corrected chi connectivity index (χ4v) is 1.67. The molecule has 0 amide bonds. The minimum absolute atomic E-state index is 0.000666. The highest BCUT2D eigenvalue weighted by molar-refractivity contribution is 7.71. The van der Waals surface area contributed by atoms with Crippen LogP contribution >= 0.6 is 23.8 Å². The number of hydrogen-bond acceptors (Lipinski definition) is 4. The summed E-state index contributed by atoms with van der Waals surface area (Å²) in [7, 11) is 1.30. The van der Waals surface area contributed by atoms with Gasteiger partial charge in [0.1, 0.15) is 5.39 Å². The number of ether oxygens (including phenoxy) is 1. The summed E-state index contributed by atoms with van der Waals surface area (Å²) in [6.45, 7) is 0. The molecule has 8 heteroatoms. The molecular formula is C8H5ClFN3O2S. The maximum Gasteiger partial charge on any atom is 0.265 e. The second-order valence-corrected chi connectivity index (χ2v) is 3.65. The second-order valence-electron chi connectivity index (χ2n) is 2.88. The topological polar surface area (TPSA) is 70.8 Å². The first-order valence-electron chi connectivity index (χ1n) is 4.10. The van der Waals surface area contributed by atoms with E-state index in [1.807, 2.05) is 0 Å². The predicted octanol–water partition coefficient (Wildman–Crippen LogP) is 1.78. The Bertz CT molecular complexity index is 681. The van der Waals surface area contributed by atoms with Gasteiger partial charge in [-0.05, 0) is 12.2 Å². The highest BCUT2D eigenvalue weighted by Gasteiger charge is 2.16. The lowest BCUT2D eigenvalue weighted by Crippen LogP contribution is -2.11. The molecule has 0 radical (unpaired) electrons. The van der Waals surface area contributed by atoms with Crippen molar-refractivity contribution in [3.8, 4) is 5.88 Å². The van der Waals surface area contributed by atoms with Gasteiger partial charge in [-0.3, -0.25) is 9.78 Å². The van der Waals surface area contributed by atoms with Crippen LogP contribution in [0.5, 0.6) is 5.88 Å². The van der Waals surface area contributed by atoms with Crippen molar-refractivity contribution in [3.05, 3.63) is 26.1 Å². The molecule has 2 aromatic rings. The van der Waals surface area contributed by atoms with Crippen LogP contribution in [0.15, 0.2) is 4.79 Å². The van der Waals surface area contributed by atoms with Crippen molar-refractivity contribution in [2.75, 3.05) is 7.11 Å². The fraction of sp³-hybridized carbons (Fsp3) is 0.125. The molecule has 0 saturated carbocycles. The SMILES string of the molecule is COc1nc(Cl)c(F)c2[nH]c(=S)[nH]c(=O)c12. The number of methoxy groups -OCH3 is 1. The summed E-state index contributed by atoms with van der Waals surface area (Å²) >= 11 is 10.3. The number of fused-ring (bicyclic) bond motifs is 1. The summed E-state index contributed by atoms with van der Waals surface area (Å²) in [4.78, 5) is 20.0. The number of aromatic nitrogens is 3. The Balaban J connectivity index is 3.11. The molecule has 16 heavy (non-hydrogen) atoms. The molecule has 0 aromatic carbocycles. The molecular weight excluding hydrogens is 257 g/mol. The molecule has 2 N–H and O–H groups in total. The van der Waals surface area contributed by atoms with Crippen LogP contribution in [0.2, 0.25) is 5.15 Å². The summed E-state index contributed by atoms with van der Waals surface area (Å²) in [6, 6.07) is 0. The predicted molar refractivity (Wildman–Crippen MR) is 59.1 cm³/mol. The van der Waals surface area contributed by atoms with E-state index in [1.54, 1.807) is 0 Å². The molecule has 0 bridgehead atoms.